The van der Waals surface area contributed by atoms with Crippen molar-refractivity contribution in [2.24, 2.45) is 0 Å². The van der Waals surface area contributed by atoms with Gasteiger partial charge in [-0.25, -0.2) is 0 Å². The normalized spacial score (nSPS) is 10.0. The van der Waals surface area contributed by atoms with Crippen LogP contribution in [0.2, 0.25) is 0 Å². The van der Waals surface area contributed by atoms with Crippen molar-refractivity contribution in [3.8, 4) is 0 Å². The topological polar surface area (TPSA) is 33.1 Å². The molecule has 0 heterocycles. The molecule has 0 aliphatic heterocycles. The summed E-state index contributed by atoms with van der Waals surface area (Å²) in [6.45, 7) is 5.29. The van der Waals surface area contributed by atoms with Crippen LogP contribution in [0.15, 0.2) is 0 Å². The molecule has 2 heteroatoms. The Balaban J connectivity index is 2.85. The maximum atomic E-state index is 7.09. The summed E-state index contributed by atoms with van der Waals surface area (Å²) < 4.78 is 5.22. The molecule has 0 aromatic heterocycles. The summed E-state index contributed by atoms with van der Waals surface area (Å²) in [6.07, 6.45) is 4.96. The van der Waals surface area contributed by atoms with Gasteiger partial charge in [-0.3, -0.25) is 0 Å². The van der Waals surface area contributed by atoms with E-state index in [4.69, 9.17) is 10.1 Å². The molecule has 0 fully saturated rings. The zero-order valence-corrected chi connectivity index (χ0v) is 7.65. The quantitative estimate of drug-likeness (QED) is 0.447. The standard InChI is InChI=1S/C9H19NO/c1-3-4-5-6-7-11-8-9(2)10/h10H,3-8H2,1-2H3. The minimum absolute atomic E-state index is 0.506. The van der Waals surface area contributed by atoms with Gasteiger partial charge in [0, 0.05) is 12.3 Å². The van der Waals surface area contributed by atoms with E-state index < -0.39 is 0 Å². The van der Waals surface area contributed by atoms with E-state index in [2.05, 4.69) is 6.92 Å². The lowest BCUT2D eigenvalue weighted by molar-refractivity contribution is 0.165. The molecular formula is C9H19NO. The number of hydrogen-bond acceptors (Lipinski definition) is 2. The number of ether oxygens (including phenoxy) is 1. The van der Waals surface area contributed by atoms with Gasteiger partial charge < -0.3 is 10.1 Å². The second-order valence-electron chi connectivity index (χ2n) is 2.89. The highest BCUT2D eigenvalue weighted by molar-refractivity contribution is 5.79. The van der Waals surface area contributed by atoms with Crippen LogP contribution in [0.25, 0.3) is 0 Å². The molecule has 1 N–H and O–H groups in total. The van der Waals surface area contributed by atoms with Gasteiger partial charge in [-0.2, -0.15) is 0 Å². The first-order valence-corrected chi connectivity index (χ1v) is 4.39. The second kappa shape index (κ2) is 7.73. The van der Waals surface area contributed by atoms with E-state index in [9.17, 15) is 0 Å². The van der Waals surface area contributed by atoms with Gasteiger partial charge >= 0.3 is 0 Å². The minimum atomic E-state index is 0.506. The molecule has 66 valence electrons. The maximum absolute atomic E-state index is 7.09. The number of unbranched alkanes of at least 4 members (excludes halogenated alkanes) is 3. The van der Waals surface area contributed by atoms with Crippen LogP contribution in [-0.4, -0.2) is 18.9 Å². The third-order valence-electron chi connectivity index (χ3n) is 1.46. The van der Waals surface area contributed by atoms with E-state index in [1.807, 2.05) is 0 Å². The van der Waals surface area contributed by atoms with Gasteiger partial charge in [-0.1, -0.05) is 26.2 Å². The first kappa shape index (κ1) is 10.6. The van der Waals surface area contributed by atoms with Crippen LogP contribution in [0, 0.1) is 5.41 Å². The average Bonchev–Trinajstić information content (AvgIpc) is 1.96. The molecule has 0 aliphatic rings. The Bertz CT molecular complexity index is 102. The van der Waals surface area contributed by atoms with Crippen molar-refractivity contribution >= 4 is 5.71 Å². The molecule has 0 aromatic carbocycles. The highest BCUT2D eigenvalue weighted by Crippen LogP contribution is 1.98. The van der Waals surface area contributed by atoms with Crippen molar-refractivity contribution in [1.29, 1.82) is 5.41 Å². The molecule has 0 unspecified atom stereocenters. The average molecular weight is 157 g/mol. The molecule has 2 nitrogen and oxygen atoms in total. The summed E-state index contributed by atoms with van der Waals surface area (Å²) in [6, 6.07) is 0. The minimum Gasteiger partial charge on any atom is -0.376 e. The Morgan fingerprint density at radius 2 is 2.00 bits per heavy atom. The van der Waals surface area contributed by atoms with Crippen LogP contribution in [0.1, 0.15) is 39.5 Å². The van der Waals surface area contributed by atoms with Gasteiger partial charge in [-0.15, -0.1) is 0 Å². The molecule has 0 saturated carbocycles. The Kier molecular flexibility index (Phi) is 7.47. The van der Waals surface area contributed by atoms with Crippen LogP contribution < -0.4 is 0 Å². The number of rotatable bonds is 7. The molecule has 0 aromatic rings. The molecule has 0 spiro atoms. The van der Waals surface area contributed by atoms with Crippen molar-refractivity contribution in [2.45, 2.75) is 39.5 Å². The molecule has 0 bridgehead atoms. The lowest BCUT2D eigenvalue weighted by Gasteiger charge is -2.01. The van der Waals surface area contributed by atoms with Crippen LogP contribution in [0.5, 0.6) is 0 Å². The van der Waals surface area contributed by atoms with E-state index in [1.165, 1.54) is 19.3 Å². The van der Waals surface area contributed by atoms with Crippen molar-refractivity contribution in [3.05, 3.63) is 0 Å². The summed E-state index contributed by atoms with van der Waals surface area (Å²) in [4.78, 5) is 0. The first-order valence-electron chi connectivity index (χ1n) is 4.39. The molecule has 0 saturated heterocycles. The maximum Gasteiger partial charge on any atom is 0.0838 e. The molecular weight excluding hydrogens is 138 g/mol. The Hall–Kier alpha value is -0.370. The van der Waals surface area contributed by atoms with Crippen LogP contribution in [0.3, 0.4) is 0 Å². The highest BCUT2D eigenvalue weighted by atomic mass is 16.5. The fourth-order valence-corrected chi connectivity index (χ4v) is 0.856. The van der Waals surface area contributed by atoms with Gasteiger partial charge in [0.2, 0.25) is 0 Å². The summed E-state index contributed by atoms with van der Waals surface area (Å²) in [7, 11) is 0. The first-order chi connectivity index (χ1) is 5.27. The Labute approximate surface area is 69.5 Å². The van der Waals surface area contributed by atoms with Gasteiger partial charge in [0.15, 0.2) is 0 Å². The van der Waals surface area contributed by atoms with Crippen molar-refractivity contribution < 1.29 is 4.74 Å². The SMILES string of the molecule is CCCCCCOCC(C)=N. The largest absolute Gasteiger partial charge is 0.376 e. The van der Waals surface area contributed by atoms with E-state index in [0.29, 0.717) is 12.3 Å². The van der Waals surface area contributed by atoms with Crippen molar-refractivity contribution in [2.75, 3.05) is 13.2 Å². The van der Waals surface area contributed by atoms with E-state index in [0.717, 1.165) is 13.0 Å². The van der Waals surface area contributed by atoms with E-state index in [-0.39, 0.29) is 0 Å². The lowest BCUT2D eigenvalue weighted by Crippen LogP contribution is -2.03. The van der Waals surface area contributed by atoms with E-state index in [1.54, 1.807) is 6.92 Å². The number of nitrogens with one attached hydrogen (secondary N) is 1. The summed E-state index contributed by atoms with van der Waals surface area (Å²) in [5, 5.41) is 7.09. The van der Waals surface area contributed by atoms with Gasteiger partial charge in [0.25, 0.3) is 0 Å². The zero-order valence-electron chi connectivity index (χ0n) is 7.65. The van der Waals surface area contributed by atoms with Crippen molar-refractivity contribution in [1.82, 2.24) is 0 Å². The van der Waals surface area contributed by atoms with Crippen molar-refractivity contribution in [3.63, 3.8) is 0 Å². The summed E-state index contributed by atoms with van der Waals surface area (Å²) in [5.41, 5.74) is 0.612. The smallest absolute Gasteiger partial charge is 0.0838 e. The van der Waals surface area contributed by atoms with Crippen LogP contribution in [0.4, 0.5) is 0 Å². The molecule has 0 radical (unpaired) electrons. The lowest BCUT2D eigenvalue weighted by atomic mass is 10.2. The van der Waals surface area contributed by atoms with Gasteiger partial charge in [0.05, 0.1) is 6.61 Å². The molecule has 0 aliphatic carbocycles. The Morgan fingerprint density at radius 1 is 1.27 bits per heavy atom. The predicted octanol–water partition coefficient (Wildman–Crippen LogP) is 2.62. The fraction of sp³-hybridized carbons (Fsp3) is 0.889. The Morgan fingerprint density at radius 3 is 2.55 bits per heavy atom. The zero-order chi connectivity index (χ0) is 8.53. The van der Waals surface area contributed by atoms with Crippen LogP contribution >= 0.6 is 0 Å². The molecule has 0 atom stereocenters. The van der Waals surface area contributed by atoms with Gasteiger partial charge in [0.1, 0.15) is 0 Å². The third kappa shape index (κ3) is 9.63. The van der Waals surface area contributed by atoms with E-state index >= 15 is 0 Å². The molecule has 0 rings (SSSR count). The fourth-order valence-electron chi connectivity index (χ4n) is 0.856. The third-order valence-corrected chi connectivity index (χ3v) is 1.46. The van der Waals surface area contributed by atoms with Crippen LogP contribution in [-0.2, 0) is 4.74 Å². The number of hydrogen-bond donors (Lipinski definition) is 1. The summed E-state index contributed by atoms with van der Waals surface area (Å²) in [5.74, 6) is 0. The second-order valence-corrected chi connectivity index (χ2v) is 2.89. The van der Waals surface area contributed by atoms with Gasteiger partial charge in [-0.05, 0) is 13.3 Å². The summed E-state index contributed by atoms with van der Waals surface area (Å²) >= 11 is 0. The molecule has 11 heavy (non-hydrogen) atoms. The predicted molar refractivity (Wildman–Crippen MR) is 48.4 cm³/mol. The molecule has 0 amide bonds. The monoisotopic (exact) mass is 157 g/mol. The highest BCUT2D eigenvalue weighted by Gasteiger charge is 1.89.